The molecule has 2 bridgehead atoms. The molecular formula is C69H82N6O16. The predicted octanol–water partition coefficient (Wildman–Crippen LogP) is 5.93. The van der Waals surface area contributed by atoms with Crippen molar-refractivity contribution in [2.24, 2.45) is 5.41 Å². The van der Waals surface area contributed by atoms with E-state index in [1.165, 1.54) is 82.2 Å². The SMILES string of the molecule is COc1cc(CC[C@H]2OC(=O)[C@@H]3CCCCN3C(=O)C(=O)C(C)(C)COC(=O)C=CCCN(C)C(=O)[C@@H](Cc3ccccc3)NC(=O)CN(C)C(=O)[C@@H](Cc3ccccc3)NC(=O)[C@H](Cc3ccc(O)cc3)N(C)C(=O)COc3cccc2c3)c(OC)c(OC)c1. The van der Waals surface area contributed by atoms with E-state index in [9.17, 15) is 48.3 Å². The fourth-order valence-corrected chi connectivity index (χ4v) is 10.8. The van der Waals surface area contributed by atoms with Crippen molar-refractivity contribution < 1.29 is 76.7 Å². The lowest BCUT2D eigenvalue weighted by atomic mass is 9.87. The Morgan fingerprint density at radius 3 is 1.97 bits per heavy atom. The average Bonchev–Trinajstić information content (AvgIpc) is 1.03. The summed E-state index contributed by atoms with van der Waals surface area (Å²) in [6, 6.07) is 29.2. The van der Waals surface area contributed by atoms with Gasteiger partial charge in [-0.25, -0.2) is 9.59 Å². The van der Waals surface area contributed by atoms with Gasteiger partial charge in [-0.05, 0) is 105 Å². The highest BCUT2D eigenvalue weighted by molar-refractivity contribution is 6.38. The number of carbonyl (C=O) groups is 9. The van der Waals surface area contributed by atoms with Gasteiger partial charge in [0.25, 0.3) is 11.8 Å². The number of aromatic hydroxyl groups is 1. The summed E-state index contributed by atoms with van der Waals surface area (Å²) in [6.45, 7) is 1.49. The summed E-state index contributed by atoms with van der Waals surface area (Å²) in [5, 5.41) is 15.9. The van der Waals surface area contributed by atoms with E-state index in [4.69, 9.17) is 28.4 Å². The van der Waals surface area contributed by atoms with Crippen molar-refractivity contribution in [3.05, 3.63) is 161 Å². The molecule has 22 nitrogen and oxygen atoms in total. The molecule has 5 aromatic rings. The molecule has 0 aromatic heterocycles. The highest BCUT2D eigenvalue weighted by Crippen LogP contribution is 2.38. The molecule has 0 radical (unpaired) electrons. The van der Waals surface area contributed by atoms with E-state index in [0.717, 1.165) is 16.5 Å². The zero-order chi connectivity index (χ0) is 65.8. The maximum absolute atomic E-state index is 14.9. The summed E-state index contributed by atoms with van der Waals surface area (Å²) in [4.78, 5) is 133. The van der Waals surface area contributed by atoms with Crippen molar-refractivity contribution in [2.45, 2.75) is 102 Å². The number of phenolic OH excluding ortho intramolecular Hbond substituents is 1. The molecule has 0 unspecified atom stereocenters. The van der Waals surface area contributed by atoms with Crippen molar-refractivity contribution >= 4 is 53.2 Å². The molecule has 0 aliphatic carbocycles. The van der Waals surface area contributed by atoms with Crippen molar-refractivity contribution in [2.75, 3.05) is 75.3 Å². The largest absolute Gasteiger partial charge is 0.508 e. The molecule has 2 heterocycles. The standard InChI is InChI=1S/C69H82N6O16/c1-69(2)44-90-61(79)27-16-17-34-72(3)65(82)53(36-45-20-11-9-12-21-45)70-59(77)42-73(4)66(83)54(37-46-22-13-10-14-23-46)71-64(81)56(38-47-28-31-50(76)32-29-47)74(5)60(78)43-89-51-25-19-24-48(39-51)57(33-30-49-40-52(86-6)41-58(87-7)62(49)88-8)91-68(85)55-26-15-18-35-75(55)67(84)63(69)80/h9-14,16,19-25,27-29,31-32,39-41,53-57,76H,15,17-18,26,30,33-38,42-44H2,1-8H3,(H,70,77)(H,71,81)/t53-,54-,55+,56+,57-/m1/s1. The number of fused-ring (bicyclic) bond motifs is 3. The quantitative estimate of drug-likeness (QED) is 0.0964. The van der Waals surface area contributed by atoms with Crippen LogP contribution in [0.2, 0.25) is 0 Å². The van der Waals surface area contributed by atoms with Gasteiger partial charge in [0.05, 0.1) is 33.3 Å². The van der Waals surface area contributed by atoms with Crippen LogP contribution in [0.4, 0.5) is 0 Å². The van der Waals surface area contributed by atoms with E-state index in [0.29, 0.717) is 52.3 Å². The number of carbonyl (C=O) groups excluding carboxylic acids is 9. The van der Waals surface area contributed by atoms with Gasteiger partial charge in [-0.3, -0.25) is 33.6 Å². The minimum Gasteiger partial charge on any atom is -0.508 e. The molecule has 2 aliphatic heterocycles. The Morgan fingerprint density at radius 2 is 1.32 bits per heavy atom. The van der Waals surface area contributed by atoms with Gasteiger partial charge >= 0.3 is 11.9 Å². The fraction of sp³-hybridized carbons (Fsp3) is 0.406. The first-order valence-electron chi connectivity index (χ1n) is 30.2. The van der Waals surface area contributed by atoms with Crippen molar-refractivity contribution in [3.8, 4) is 28.7 Å². The molecule has 5 atom stereocenters. The van der Waals surface area contributed by atoms with E-state index >= 15 is 0 Å². The smallest absolute Gasteiger partial charge is 0.330 e. The Kier molecular flexibility index (Phi) is 24.7. The number of methoxy groups -OCH3 is 3. The second kappa shape index (κ2) is 32.7. The number of benzene rings is 5. The Morgan fingerprint density at radius 1 is 0.670 bits per heavy atom. The number of esters is 2. The number of cyclic esters (lactones) is 2. The molecule has 6 amide bonds. The first-order chi connectivity index (χ1) is 43.6. The molecule has 484 valence electrons. The minimum absolute atomic E-state index is 0.0151. The van der Waals surface area contributed by atoms with Crippen LogP contribution in [0.1, 0.15) is 79.9 Å². The molecule has 5 aromatic carbocycles. The number of likely N-dealkylation sites (N-methyl/N-ethyl adjacent to an activating group) is 3. The fourth-order valence-electron chi connectivity index (χ4n) is 10.8. The molecule has 0 saturated carbocycles. The summed E-state index contributed by atoms with van der Waals surface area (Å²) in [5.41, 5.74) is 1.54. The summed E-state index contributed by atoms with van der Waals surface area (Å²) in [5.74, 6) is -5.15. The van der Waals surface area contributed by atoms with Crippen molar-refractivity contribution in [1.29, 1.82) is 0 Å². The zero-order valence-electron chi connectivity index (χ0n) is 52.8. The Hall–Kier alpha value is -9.73. The van der Waals surface area contributed by atoms with E-state index in [-0.39, 0.29) is 69.5 Å². The number of amides is 6. The van der Waals surface area contributed by atoms with Crippen LogP contribution in [0.5, 0.6) is 28.7 Å². The topological polar surface area (TPSA) is 266 Å². The van der Waals surface area contributed by atoms with Gasteiger partial charge in [0.15, 0.2) is 18.1 Å². The highest BCUT2D eigenvalue weighted by Gasteiger charge is 2.43. The van der Waals surface area contributed by atoms with Gasteiger partial charge in [-0.1, -0.05) is 91.0 Å². The van der Waals surface area contributed by atoms with Gasteiger partial charge in [0, 0.05) is 71.2 Å². The number of phenols is 1. The lowest BCUT2D eigenvalue weighted by Crippen LogP contribution is -2.57. The molecule has 91 heavy (non-hydrogen) atoms. The first-order valence-corrected chi connectivity index (χ1v) is 30.2. The van der Waals surface area contributed by atoms with E-state index in [2.05, 4.69) is 10.6 Å². The third-order valence-electron chi connectivity index (χ3n) is 16.1. The lowest BCUT2D eigenvalue weighted by molar-refractivity contribution is -0.165. The van der Waals surface area contributed by atoms with Crippen molar-refractivity contribution in [3.63, 3.8) is 0 Å². The maximum Gasteiger partial charge on any atom is 0.330 e. The molecular weight excluding hydrogens is 1170 g/mol. The van der Waals surface area contributed by atoms with Gasteiger partial charge in [-0.15, -0.1) is 0 Å². The van der Waals surface area contributed by atoms with Gasteiger partial charge in [0.1, 0.15) is 54.1 Å². The van der Waals surface area contributed by atoms with Crippen LogP contribution in [0.3, 0.4) is 0 Å². The van der Waals surface area contributed by atoms with Crippen LogP contribution in [0.25, 0.3) is 0 Å². The zero-order valence-corrected chi connectivity index (χ0v) is 52.8. The number of Topliss-reactive ketones (excluding diaryl/α,β-unsaturated/α-hetero) is 1. The molecule has 22 heteroatoms. The van der Waals surface area contributed by atoms with E-state index < -0.39 is 109 Å². The number of hydrogen-bond donors (Lipinski definition) is 3. The molecule has 7 rings (SSSR count). The molecule has 2 aliphatic rings. The predicted molar refractivity (Wildman–Crippen MR) is 336 cm³/mol. The van der Waals surface area contributed by atoms with E-state index in [1.807, 2.05) is 6.07 Å². The van der Waals surface area contributed by atoms with Crippen LogP contribution in [-0.2, 0) is 78.3 Å². The second-order valence-electron chi connectivity index (χ2n) is 23.3. The second-order valence-corrected chi connectivity index (χ2v) is 23.3. The van der Waals surface area contributed by atoms with Crippen molar-refractivity contribution in [1.82, 2.24) is 30.2 Å². The van der Waals surface area contributed by atoms with Crippen LogP contribution in [0, 0.1) is 5.41 Å². The van der Waals surface area contributed by atoms with E-state index in [1.54, 1.807) is 110 Å². The average molecular weight is 1250 g/mol. The Labute approximate surface area is 530 Å². The third-order valence-corrected chi connectivity index (χ3v) is 16.1. The van der Waals surface area contributed by atoms with Crippen LogP contribution in [0.15, 0.2) is 133 Å². The number of piperidine rings is 1. The summed E-state index contributed by atoms with van der Waals surface area (Å²) in [6.07, 6.45) is 3.36. The third kappa shape index (κ3) is 19.1. The van der Waals surface area contributed by atoms with Crippen LogP contribution < -0.4 is 29.6 Å². The molecule has 3 N–H and O–H groups in total. The molecule has 1 fully saturated rings. The van der Waals surface area contributed by atoms with Gasteiger partial charge in [-0.2, -0.15) is 0 Å². The number of ketones is 1. The van der Waals surface area contributed by atoms with Gasteiger partial charge < -0.3 is 63.8 Å². The highest BCUT2D eigenvalue weighted by atomic mass is 16.5. The summed E-state index contributed by atoms with van der Waals surface area (Å²) < 4.78 is 35.0. The maximum atomic E-state index is 14.9. The molecule has 1 saturated heterocycles. The monoisotopic (exact) mass is 1250 g/mol. The molecule has 0 spiro atoms. The number of ether oxygens (including phenoxy) is 6. The van der Waals surface area contributed by atoms with Crippen LogP contribution >= 0.6 is 0 Å². The Bertz CT molecular complexity index is 3400. The minimum atomic E-state index is -1.53. The van der Waals surface area contributed by atoms with Crippen LogP contribution in [-0.4, -0.2) is 177 Å². The number of nitrogens with one attached hydrogen (secondary N) is 2. The number of nitrogens with zero attached hydrogens (tertiary/aromatic N) is 4. The summed E-state index contributed by atoms with van der Waals surface area (Å²) >= 11 is 0. The first kappa shape index (κ1) is 68.8. The number of hydrogen-bond acceptors (Lipinski definition) is 16. The summed E-state index contributed by atoms with van der Waals surface area (Å²) in [7, 11) is 8.86. The number of aryl methyl sites for hydroxylation is 1. The normalized spacial score (nSPS) is 20.9. The number of rotatable bonds is 12. The lowest BCUT2D eigenvalue weighted by Gasteiger charge is -2.36. The Balaban J connectivity index is 1.23. The van der Waals surface area contributed by atoms with Gasteiger partial charge in [0.2, 0.25) is 29.4 Å².